The van der Waals surface area contributed by atoms with E-state index in [1.165, 1.54) is 13.4 Å². The highest BCUT2D eigenvalue weighted by atomic mass is 16.6. The molecule has 7 heterocycles. The second-order valence-electron chi connectivity index (χ2n) is 32.5. The van der Waals surface area contributed by atoms with E-state index >= 15 is 0 Å². The van der Waals surface area contributed by atoms with Gasteiger partial charge in [0.25, 0.3) is 17.7 Å². The Balaban J connectivity index is 0.629. The normalized spacial score (nSPS) is 27.2. The number of fused-ring (bicyclic) bond motifs is 5. The van der Waals surface area contributed by atoms with Crippen LogP contribution in [0.1, 0.15) is 169 Å². The van der Waals surface area contributed by atoms with Gasteiger partial charge < -0.3 is 94.7 Å². The zero-order chi connectivity index (χ0) is 87.0. The van der Waals surface area contributed by atoms with Crippen molar-refractivity contribution in [3.8, 4) is 11.3 Å². The molecule has 34 nitrogen and oxygen atoms in total. The van der Waals surface area contributed by atoms with E-state index in [4.69, 9.17) is 74.1 Å². The van der Waals surface area contributed by atoms with Gasteiger partial charge in [-0.15, -0.1) is 5.10 Å². The highest BCUT2D eigenvalue weighted by molar-refractivity contribution is 6.39. The molecule has 3 fully saturated rings. The third-order valence-corrected chi connectivity index (χ3v) is 23.3. The lowest BCUT2D eigenvalue weighted by Gasteiger charge is -2.42. The van der Waals surface area contributed by atoms with Gasteiger partial charge in [0.1, 0.15) is 53.5 Å². The number of methoxy groups -OCH3 is 3. The number of ether oxygens (including phenoxy) is 10. The second kappa shape index (κ2) is 49.0. The summed E-state index contributed by atoms with van der Waals surface area (Å²) < 4.78 is 68.1. The van der Waals surface area contributed by atoms with Crippen molar-refractivity contribution < 1.29 is 95.6 Å². The van der Waals surface area contributed by atoms with Crippen molar-refractivity contribution in [1.29, 1.82) is 0 Å². The van der Waals surface area contributed by atoms with E-state index in [1.807, 2.05) is 62.6 Å². The van der Waals surface area contributed by atoms with Gasteiger partial charge in [-0.25, -0.2) is 24.1 Å². The number of unbranched alkanes of at least 4 members (excludes halogenated alkanes) is 2. The van der Waals surface area contributed by atoms with Crippen LogP contribution in [-0.2, 0) is 100 Å². The van der Waals surface area contributed by atoms with E-state index in [0.29, 0.717) is 208 Å². The molecule has 0 unspecified atom stereocenters. The van der Waals surface area contributed by atoms with Crippen molar-refractivity contribution in [2.45, 2.75) is 244 Å². The molecule has 2 bridgehead atoms. The van der Waals surface area contributed by atoms with E-state index in [-0.39, 0.29) is 92.1 Å². The number of aromatic nitrogens is 8. The van der Waals surface area contributed by atoms with Crippen molar-refractivity contribution >= 4 is 75.0 Å². The SMILES string of the molecule is CO[C@H]1C[C@@H]2CC[C@@H](C)[C@@](O)(O2)C(=O)C(=O)N2CCCC[C@H]2C(=O)O[C@H]([C@H](N)C[C@@H]2CC[C@@H](OCCCCc3cn(CCOCCOCCOCCOCCNC(=O)CCCC(=O)NCCCCn4nc(-c5ccc6oc(N)nc6c5)c5c(N)ncnc54)nn3)[C@H](OC)C2)CC(=O)[C@H](C)/C=C(\C)[C@@H](O)[C@@H](OC)C(=O)[C@H](C)C[C@H](C)/C=C/C=C/C=C/1C. The number of rotatable bonds is 37. The van der Waals surface area contributed by atoms with Crippen LogP contribution in [0.5, 0.6) is 0 Å². The Morgan fingerprint density at radius 1 is 0.752 bits per heavy atom. The van der Waals surface area contributed by atoms with Crippen molar-refractivity contribution in [2.24, 2.45) is 35.3 Å². The number of nitrogens with zero attached hydrogens (tertiary/aromatic N) is 9. The second-order valence-corrected chi connectivity index (χ2v) is 32.5. The minimum Gasteiger partial charge on any atom is -0.459 e. The van der Waals surface area contributed by atoms with E-state index in [1.54, 1.807) is 63.4 Å². The van der Waals surface area contributed by atoms with Crippen LogP contribution in [0.3, 0.4) is 0 Å². The van der Waals surface area contributed by atoms with Crippen LogP contribution in [0.4, 0.5) is 11.8 Å². The predicted molar refractivity (Wildman–Crippen MR) is 450 cm³/mol. The summed E-state index contributed by atoms with van der Waals surface area (Å²) in [4.78, 5) is 111. The number of aryl methyl sites for hydroxylation is 2. The summed E-state index contributed by atoms with van der Waals surface area (Å²) in [5.74, 6) is -8.28. The summed E-state index contributed by atoms with van der Waals surface area (Å²) in [7, 11) is 4.59. The van der Waals surface area contributed by atoms with Gasteiger partial charge in [0.2, 0.25) is 17.6 Å². The fourth-order valence-electron chi connectivity index (χ4n) is 16.1. The molecule has 1 aromatic carbocycles. The average Bonchev–Trinajstić information content (AvgIpc) is 1.72. The molecule has 5 aromatic rings. The first kappa shape index (κ1) is 96.2. The Hall–Kier alpha value is -8.65. The molecule has 9 rings (SSSR count). The lowest BCUT2D eigenvalue weighted by molar-refractivity contribution is -0.265. The molecular formula is C87H130N14O20. The number of nitrogen functional groups attached to an aromatic ring is 2. The number of nitrogens with one attached hydrogen (secondary N) is 2. The van der Waals surface area contributed by atoms with Crippen LogP contribution in [0.15, 0.2) is 82.7 Å². The summed E-state index contributed by atoms with van der Waals surface area (Å²) in [6, 6.07) is 3.43. The van der Waals surface area contributed by atoms with E-state index in [0.717, 1.165) is 34.6 Å². The van der Waals surface area contributed by atoms with Crippen molar-refractivity contribution in [3.63, 3.8) is 0 Å². The molecule has 4 aromatic heterocycles. The Bertz CT molecular complexity index is 4280. The fourth-order valence-corrected chi connectivity index (χ4v) is 16.1. The molecule has 2 saturated heterocycles. The molecular weight excluding hydrogens is 1560 g/mol. The van der Waals surface area contributed by atoms with Crippen LogP contribution < -0.4 is 27.8 Å². The number of piperidine rings is 1. The Morgan fingerprint density at radius 3 is 2.22 bits per heavy atom. The summed E-state index contributed by atoms with van der Waals surface area (Å²) >= 11 is 0. The third kappa shape index (κ3) is 28.7. The van der Waals surface area contributed by atoms with Crippen LogP contribution >= 0.6 is 0 Å². The highest BCUT2D eigenvalue weighted by Crippen LogP contribution is 2.39. The standard InChI is InChI=1S/C87H130N14O20/c1-55-20-11-10-12-21-56(2)71(111-7)51-64-29-26-60(6)87(110,121-64)81(107)84(108)100-34-16-13-23-67(100)85(109)119-72(52-68(102)57(3)47-59(5)79(106)80(113-9)78(105)58(4)46-55)65(88)48-61-27-30-70(73(49-61)112-8)118-37-18-14-22-63-53-99(98-96-63)36-39-115-41-43-117-45-44-116-42-40-114-38-33-92-75(104)25-19-24-74(103)91-32-15-17-35-101-83-76(82(89)93-54-94-83)77(97-101)62-28-31-69-66(50-62)95-86(90)120-69/h10-12,20-21,28,31,47,50,53-55,57-58,60-61,64-65,67,70-73,79-80,106,110H,13-19,22-27,29-30,32-46,48-49,51-52,88H2,1-9H3,(H2,90,95)(H,91,103)(H,92,104)(H2,89,93,94)/b12-10+,20-11+,56-21+,59-47+/t55-,57-,58-,60-,61+,64+,65-,67+,70-,71+,72+,73-,79-,80+,87-/m1/s1. The number of cyclic esters (lactones) is 1. The maximum atomic E-state index is 14.7. The number of ketones is 3. The Labute approximate surface area is 708 Å². The molecule has 15 atom stereocenters. The minimum absolute atomic E-state index is 0.0168. The summed E-state index contributed by atoms with van der Waals surface area (Å²) in [6.45, 7) is 16.1. The number of benzene rings is 1. The number of anilines is 2. The van der Waals surface area contributed by atoms with Gasteiger partial charge in [0.05, 0.1) is 94.9 Å². The van der Waals surface area contributed by atoms with Crippen LogP contribution in [0.2, 0.25) is 0 Å². The number of Topliss-reactive ketones (excluding diaryl/α,β-unsaturated/α-hetero) is 3. The number of aliphatic hydroxyl groups is 2. The monoisotopic (exact) mass is 1690 g/mol. The van der Waals surface area contributed by atoms with Gasteiger partial charge in [-0.05, 0) is 158 Å². The number of oxazole rings is 1. The maximum absolute atomic E-state index is 14.7. The number of nitrogens with two attached hydrogens (primary N) is 3. The van der Waals surface area contributed by atoms with Gasteiger partial charge in [-0.1, -0.05) is 69.4 Å². The average molecular weight is 1690 g/mol. The van der Waals surface area contributed by atoms with Crippen molar-refractivity contribution in [3.05, 3.63) is 84.0 Å². The first-order valence-electron chi connectivity index (χ1n) is 43.0. The first-order chi connectivity index (χ1) is 58.3. The Kier molecular flexibility index (Phi) is 38.9. The van der Waals surface area contributed by atoms with Crippen LogP contribution in [0.25, 0.3) is 33.4 Å². The van der Waals surface area contributed by atoms with E-state index in [9.17, 15) is 43.8 Å². The molecule has 3 aliphatic heterocycles. The Morgan fingerprint density at radius 2 is 1.49 bits per heavy atom. The van der Waals surface area contributed by atoms with Crippen molar-refractivity contribution in [2.75, 3.05) is 112 Å². The molecule has 10 N–H and O–H groups in total. The van der Waals surface area contributed by atoms with Crippen LogP contribution in [-0.4, -0.2) is 257 Å². The number of hydrogen-bond donors (Lipinski definition) is 7. The smallest absolute Gasteiger partial charge is 0.329 e. The van der Waals surface area contributed by atoms with E-state index in [2.05, 4.69) is 35.9 Å². The summed E-state index contributed by atoms with van der Waals surface area (Å²) in [5.41, 5.74) is 24.3. The van der Waals surface area contributed by atoms with Gasteiger partial charge in [0.15, 0.2) is 17.0 Å². The molecule has 0 radical (unpaired) electrons. The number of hydrogen-bond acceptors (Lipinski definition) is 29. The topological polar surface area (TPSA) is 458 Å². The number of carbonyl (C=O) groups is 7. The quantitative estimate of drug-likeness (QED) is 0.00871. The van der Waals surface area contributed by atoms with Gasteiger partial charge in [0, 0.05) is 115 Å². The highest BCUT2D eigenvalue weighted by Gasteiger charge is 2.53. The summed E-state index contributed by atoms with van der Waals surface area (Å²) in [6.07, 6.45) is 18.5. The third-order valence-electron chi connectivity index (χ3n) is 23.3. The van der Waals surface area contributed by atoms with Gasteiger partial charge >= 0.3 is 5.97 Å². The zero-order valence-corrected chi connectivity index (χ0v) is 72.0. The predicted octanol–water partition coefficient (Wildman–Crippen LogP) is 7.57. The fraction of sp³-hybridized carbons (Fsp3) is 0.667. The lowest BCUT2D eigenvalue weighted by Crippen LogP contribution is -2.61. The first-order valence-corrected chi connectivity index (χ1v) is 43.0. The van der Waals surface area contributed by atoms with Gasteiger partial charge in [-0.2, -0.15) is 10.1 Å². The maximum Gasteiger partial charge on any atom is 0.329 e. The molecule has 668 valence electrons. The van der Waals surface area contributed by atoms with Crippen LogP contribution in [0, 0.1) is 29.6 Å². The number of amides is 3. The van der Waals surface area contributed by atoms with Crippen molar-refractivity contribution in [1.82, 2.24) is 55.3 Å². The largest absolute Gasteiger partial charge is 0.459 e. The number of allylic oxidation sites excluding steroid dienone is 6. The van der Waals surface area contributed by atoms with Gasteiger partial charge in [-0.3, -0.25) is 28.8 Å². The molecule has 3 amide bonds. The number of esters is 1. The molecule has 4 aliphatic rings. The minimum atomic E-state index is -2.48. The molecule has 0 spiro atoms. The lowest BCUT2D eigenvalue weighted by atomic mass is 9.80. The molecule has 1 saturated carbocycles. The molecule has 34 heteroatoms. The molecule has 1 aliphatic carbocycles. The number of aliphatic hydroxyl groups excluding tert-OH is 1. The summed E-state index contributed by atoms with van der Waals surface area (Å²) in [5, 5.41) is 43.6. The van der Waals surface area contributed by atoms with E-state index < -0.39 is 83.8 Å². The number of carbonyl (C=O) groups excluding carboxylic acids is 7. The zero-order valence-electron chi connectivity index (χ0n) is 72.0. The molecule has 121 heavy (non-hydrogen) atoms.